The van der Waals surface area contributed by atoms with Crippen molar-refractivity contribution in [2.75, 3.05) is 17.6 Å². The van der Waals surface area contributed by atoms with Gasteiger partial charge in [-0.05, 0) is 36.5 Å². The number of hydrogen-bond donors (Lipinski definition) is 2. The lowest BCUT2D eigenvalue weighted by atomic mass is 10.1. The van der Waals surface area contributed by atoms with E-state index in [0.717, 1.165) is 33.6 Å². The van der Waals surface area contributed by atoms with Crippen molar-refractivity contribution in [3.05, 3.63) is 64.7 Å². The lowest BCUT2D eigenvalue weighted by molar-refractivity contribution is -0.118. The second-order valence-corrected chi connectivity index (χ2v) is 9.30. The molecule has 6 nitrogen and oxygen atoms in total. The maximum atomic E-state index is 12.5. The van der Waals surface area contributed by atoms with Crippen LogP contribution in [0.15, 0.2) is 46.8 Å². The molecule has 3 rings (SSSR count). The SMILES string of the molecule is CCc1cccc(C)c1Nc1nnc(SCC(=O)c2ccc(CCNC(C)=O)cc2)s1. The van der Waals surface area contributed by atoms with E-state index in [4.69, 9.17) is 0 Å². The van der Waals surface area contributed by atoms with Gasteiger partial charge in [-0.15, -0.1) is 10.2 Å². The molecule has 1 amide bonds. The van der Waals surface area contributed by atoms with E-state index in [1.165, 1.54) is 41.1 Å². The molecule has 162 valence electrons. The summed E-state index contributed by atoms with van der Waals surface area (Å²) in [7, 11) is 0. The summed E-state index contributed by atoms with van der Waals surface area (Å²) in [5.41, 5.74) is 5.23. The molecule has 0 saturated carbocycles. The van der Waals surface area contributed by atoms with Crippen molar-refractivity contribution in [2.45, 2.75) is 38.0 Å². The zero-order chi connectivity index (χ0) is 22.2. The number of amides is 1. The fraction of sp³-hybridized carbons (Fsp3) is 0.304. The third-order valence-electron chi connectivity index (χ3n) is 4.77. The Labute approximate surface area is 190 Å². The number of nitrogens with one attached hydrogen (secondary N) is 2. The van der Waals surface area contributed by atoms with Crippen molar-refractivity contribution in [2.24, 2.45) is 0 Å². The summed E-state index contributed by atoms with van der Waals surface area (Å²) in [5.74, 6) is 0.323. The number of hydrogen-bond acceptors (Lipinski definition) is 7. The Balaban J connectivity index is 1.53. The quantitative estimate of drug-likeness (QED) is 0.338. The molecule has 2 aromatic carbocycles. The molecular weight excluding hydrogens is 428 g/mol. The minimum atomic E-state index is -0.0384. The molecule has 3 aromatic rings. The van der Waals surface area contributed by atoms with Gasteiger partial charge in [0.05, 0.1) is 5.75 Å². The van der Waals surface area contributed by atoms with Crippen LogP contribution in [0.2, 0.25) is 0 Å². The van der Waals surface area contributed by atoms with Crippen LogP contribution in [0.4, 0.5) is 10.8 Å². The average Bonchev–Trinajstić information content (AvgIpc) is 3.21. The van der Waals surface area contributed by atoms with E-state index in [2.05, 4.69) is 52.9 Å². The van der Waals surface area contributed by atoms with Crippen molar-refractivity contribution < 1.29 is 9.59 Å². The van der Waals surface area contributed by atoms with E-state index in [1.54, 1.807) is 0 Å². The first-order chi connectivity index (χ1) is 15.0. The minimum absolute atomic E-state index is 0.0384. The molecule has 0 saturated heterocycles. The van der Waals surface area contributed by atoms with E-state index in [-0.39, 0.29) is 11.7 Å². The number of carbonyl (C=O) groups excluding carboxylic acids is 2. The van der Waals surface area contributed by atoms with Gasteiger partial charge in [0.15, 0.2) is 10.1 Å². The van der Waals surface area contributed by atoms with Crippen LogP contribution in [0.3, 0.4) is 0 Å². The maximum absolute atomic E-state index is 12.5. The Hall–Kier alpha value is -2.71. The molecule has 0 spiro atoms. The summed E-state index contributed by atoms with van der Waals surface area (Å²) >= 11 is 2.85. The predicted molar refractivity (Wildman–Crippen MR) is 128 cm³/mol. The van der Waals surface area contributed by atoms with Gasteiger partial charge < -0.3 is 10.6 Å². The van der Waals surface area contributed by atoms with Gasteiger partial charge in [0.1, 0.15) is 0 Å². The van der Waals surface area contributed by atoms with E-state index in [9.17, 15) is 9.59 Å². The lowest BCUT2D eigenvalue weighted by Crippen LogP contribution is -2.22. The van der Waals surface area contributed by atoms with Crippen LogP contribution in [0.25, 0.3) is 0 Å². The second-order valence-electron chi connectivity index (χ2n) is 7.10. The Bertz CT molecular complexity index is 1050. The monoisotopic (exact) mass is 454 g/mol. The minimum Gasteiger partial charge on any atom is -0.356 e. The number of aryl methyl sites for hydroxylation is 2. The standard InChI is InChI=1S/C23H26N4O2S2/c1-4-18-7-5-6-15(2)21(18)25-22-26-27-23(31-22)30-14-20(29)19-10-8-17(9-11-19)12-13-24-16(3)28/h5-11H,4,12-14H2,1-3H3,(H,24,28)(H,25,26). The van der Waals surface area contributed by atoms with Crippen molar-refractivity contribution in [3.63, 3.8) is 0 Å². The van der Waals surface area contributed by atoms with Gasteiger partial charge in [-0.1, -0.05) is 72.5 Å². The summed E-state index contributed by atoms with van der Waals surface area (Å²) in [6.45, 7) is 6.29. The zero-order valence-electron chi connectivity index (χ0n) is 17.9. The van der Waals surface area contributed by atoms with Crippen LogP contribution in [0.1, 0.15) is 40.9 Å². The number of nitrogens with zero attached hydrogens (tertiary/aromatic N) is 2. The maximum Gasteiger partial charge on any atom is 0.216 e. The number of para-hydroxylation sites is 1. The molecule has 8 heteroatoms. The predicted octanol–water partition coefficient (Wildman–Crippen LogP) is 4.81. The van der Waals surface area contributed by atoms with Crippen LogP contribution in [0, 0.1) is 6.92 Å². The van der Waals surface area contributed by atoms with E-state index in [1.807, 2.05) is 24.3 Å². The third kappa shape index (κ3) is 6.63. The topological polar surface area (TPSA) is 84.0 Å². The lowest BCUT2D eigenvalue weighted by Gasteiger charge is -2.11. The first-order valence-electron chi connectivity index (χ1n) is 10.1. The molecule has 0 atom stereocenters. The summed E-state index contributed by atoms with van der Waals surface area (Å²) in [6, 6.07) is 13.8. The van der Waals surface area contributed by atoms with Crippen molar-refractivity contribution in [3.8, 4) is 0 Å². The molecule has 0 aliphatic rings. The van der Waals surface area contributed by atoms with Gasteiger partial charge in [0.25, 0.3) is 0 Å². The average molecular weight is 455 g/mol. The van der Waals surface area contributed by atoms with Crippen molar-refractivity contribution >= 4 is 45.6 Å². The number of anilines is 2. The Kier molecular flexibility index (Phi) is 8.20. The first kappa shape index (κ1) is 23.0. The molecule has 1 aromatic heterocycles. The van der Waals surface area contributed by atoms with Gasteiger partial charge >= 0.3 is 0 Å². The number of benzene rings is 2. The van der Waals surface area contributed by atoms with Crippen molar-refractivity contribution in [1.82, 2.24) is 15.5 Å². The number of Topliss-reactive ketones (excluding diaryl/α,β-unsaturated/α-hetero) is 1. The van der Waals surface area contributed by atoms with Gasteiger partial charge in [-0.2, -0.15) is 0 Å². The zero-order valence-corrected chi connectivity index (χ0v) is 19.5. The van der Waals surface area contributed by atoms with Gasteiger partial charge in [0, 0.05) is 24.7 Å². The highest BCUT2D eigenvalue weighted by molar-refractivity contribution is 8.01. The number of thioether (sulfide) groups is 1. The van der Waals surface area contributed by atoms with Gasteiger partial charge in [0.2, 0.25) is 11.0 Å². The molecule has 0 aliphatic heterocycles. The van der Waals surface area contributed by atoms with E-state index in [0.29, 0.717) is 17.9 Å². The van der Waals surface area contributed by atoms with Crippen LogP contribution in [0.5, 0.6) is 0 Å². The number of rotatable bonds is 10. The summed E-state index contributed by atoms with van der Waals surface area (Å²) < 4.78 is 0.759. The largest absolute Gasteiger partial charge is 0.356 e. The van der Waals surface area contributed by atoms with E-state index >= 15 is 0 Å². The molecular formula is C23H26N4O2S2. The Morgan fingerprint density at radius 2 is 1.87 bits per heavy atom. The van der Waals surface area contributed by atoms with Crippen molar-refractivity contribution in [1.29, 1.82) is 0 Å². The Morgan fingerprint density at radius 3 is 2.58 bits per heavy atom. The molecule has 0 aliphatic carbocycles. The molecule has 0 unspecified atom stereocenters. The van der Waals surface area contributed by atoms with Gasteiger partial charge in [-0.3, -0.25) is 9.59 Å². The molecule has 0 fully saturated rings. The highest BCUT2D eigenvalue weighted by atomic mass is 32.2. The molecule has 0 radical (unpaired) electrons. The van der Waals surface area contributed by atoms with Gasteiger partial charge in [-0.25, -0.2) is 0 Å². The number of aromatic nitrogens is 2. The fourth-order valence-electron chi connectivity index (χ4n) is 3.08. The third-order valence-corrected chi connectivity index (χ3v) is 6.74. The molecule has 31 heavy (non-hydrogen) atoms. The van der Waals surface area contributed by atoms with Crippen LogP contribution >= 0.6 is 23.1 Å². The molecule has 1 heterocycles. The molecule has 2 N–H and O–H groups in total. The molecule has 0 bridgehead atoms. The summed E-state index contributed by atoms with van der Waals surface area (Å²) in [4.78, 5) is 23.5. The fourth-order valence-corrected chi connectivity index (χ4v) is 4.73. The Morgan fingerprint density at radius 1 is 1.10 bits per heavy atom. The first-order valence-corrected chi connectivity index (χ1v) is 11.9. The highest BCUT2D eigenvalue weighted by Crippen LogP contribution is 2.31. The number of carbonyl (C=O) groups is 2. The summed E-state index contributed by atoms with van der Waals surface area (Å²) in [5, 5.41) is 15.3. The van der Waals surface area contributed by atoms with Crippen LogP contribution < -0.4 is 10.6 Å². The smallest absolute Gasteiger partial charge is 0.216 e. The normalized spacial score (nSPS) is 10.7. The van der Waals surface area contributed by atoms with Crippen LogP contribution in [-0.4, -0.2) is 34.2 Å². The second kappa shape index (κ2) is 11.1. The number of ketones is 1. The van der Waals surface area contributed by atoms with E-state index < -0.39 is 0 Å². The van der Waals surface area contributed by atoms with Crippen LogP contribution in [-0.2, 0) is 17.6 Å². The highest BCUT2D eigenvalue weighted by Gasteiger charge is 2.12. The summed E-state index contributed by atoms with van der Waals surface area (Å²) in [6.07, 6.45) is 1.68.